The van der Waals surface area contributed by atoms with Crippen molar-refractivity contribution in [2.75, 3.05) is 26.3 Å². The Labute approximate surface area is 326 Å². The normalized spacial score (nSPS) is 19.2. The van der Waals surface area contributed by atoms with Crippen molar-refractivity contribution < 1.29 is 14.3 Å². The number of ketones is 1. The van der Waals surface area contributed by atoms with E-state index in [1.165, 1.54) is 0 Å². The number of para-hydroxylation sites is 2. The van der Waals surface area contributed by atoms with Gasteiger partial charge in [0.25, 0.3) is 0 Å². The van der Waals surface area contributed by atoms with E-state index in [1.807, 2.05) is 72.8 Å². The van der Waals surface area contributed by atoms with Gasteiger partial charge in [0.2, 0.25) is 0 Å². The van der Waals surface area contributed by atoms with E-state index in [4.69, 9.17) is 19.4 Å². The van der Waals surface area contributed by atoms with E-state index in [0.29, 0.717) is 0 Å². The second-order valence-corrected chi connectivity index (χ2v) is 15.8. The Morgan fingerprint density at radius 1 is 0.574 bits per heavy atom. The number of carbonyl (C=O) groups is 1. The number of rotatable bonds is 14. The molecular formula is C45H46N4O3S2. The highest BCUT2D eigenvalue weighted by molar-refractivity contribution is 7.10. The van der Waals surface area contributed by atoms with Crippen molar-refractivity contribution in [2.24, 2.45) is 0 Å². The van der Waals surface area contributed by atoms with E-state index in [2.05, 4.69) is 69.1 Å². The SMILES string of the molecule is O=C(C(COc1ccccc1)N1CCCC[C@@H]1c1nc(-c2ccccc2)cs1)C(COc1ccccc1)N1CCCC[C@@H]1c1nc(-c2ccccc2)cs1. The molecule has 7 nitrogen and oxygen atoms in total. The first-order chi connectivity index (χ1) is 26.7. The van der Waals surface area contributed by atoms with Crippen molar-refractivity contribution in [2.45, 2.75) is 62.7 Å². The molecule has 2 saturated heterocycles. The summed E-state index contributed by atoms with van der Waals surface area (Å²) in [5.41, 5.74) is 4.17. The molecule has 0 amide bonds. The number of likely N-dealkylation sites (tertiary alicyclic amines) is 2. The number of piperidine rings is 2. The van der Waals surface area contributed by atoms with Gasteiger partial charge in [-0.05, 0) is 63.0 Å². The summed E-state index contributed by atoms with van der Waals surface area (Å²) in [7, 11) is 0. The van der Waals surface area contributed by atoms with Crippen LogP contribution in [-0.2, 0) is 4.79 Å². The molecule has 0 saturated carbocycles. The Morgan fingerprint density at radius 2 is 0.963 bits per heavy atom. The molecule has 0 spiro atoms. The number of thiazole rings is 2. The summed E-state index contributed by atoms with van der Waals surface area (Å²) in [6.45, 7) is 2.07. The summed E-state index contributed by atoms with van der Waals surface area (Å²) in [6, 6.07) is 39.4. The minimum Gasteiger partial charge on any atom is -0.491 e. The number of carbonyl (C=O) groups excluding carboxylic acids is 1. The van der Waals surface area contributed by atoms with E-state index >= 15 is 4.79 Å². The molecule has 2 aliphatic heterocycles. The van der Waals surface area contributed by atoms with Crippen LogP contribution in [0.5, 0.6) is 11.5 Å². The van der Waals surface area contributed by atoms with E-state index in [0.717, 1.165) is 95.6 Å². The quantitative estimate of drug-likeness (QED) is 0.110. The lowest BCUT2D eigenvalue weighted by atomic mass is 9.93. The molecule has 9 heteroatoms. The van der Waals surface area contributed by atoms with Gasteiger partial charge in [0.15, 0.2) is 5.78 Å². The average molecular weight is 755 g/mol. The van der Waals surface area contributed by atoms with E-state index < -0.39 is 12.1 Å². The summed E-state index contributed by atoms with van der Waals surface area (Å²) in [6.07, 6.45) is 6.09. The molecule has 2 aromatic heterocycles. The van der Waals surface area contributed by atoms with Gasteiger partial charge in [-0.2, -0.15) is 0 Å². The lowest BCUT2D eigenvalue weighted by Crippen LogP contribution is -2.58. The number of hydrogen-bond acceptors (Lipinski definition) is 9. The van der Waals surface area contributed by atoms with Gasteiger partial charge in [0.1, 0.15) is 46.8 Å². The van der Waals surface area contributed by atoms with Gasteiger partial charge in [0, 0.05) is 21.9 Å². The third-order valence-electron chi connectivity index (χ3n) is 10.6. The number of aromatic nitrogens is 2. The van der Waals surface area contributed by atoms with Crippen molar-refractivity contribution in [1.82, 2.24) is 19.8 Å². The molecule has 4 aromatic carbocycles. The fourth-order valence-corrected chi connectivity index (χ4v) is 9.80. The monoisotopic (exact) mass is 754 g/mol. The van der Waals surface area contributed by atoms with Crippen LogP contribution in [0.1, 0.15) is 60.6 Å². The van der Waals surface area contributed by atoms with Crippen LogP contribution in [0.3, 0.4) is 0 Å². The Balaban J connectivity index is 1.14. The van der Waals surface area contributed by atoms with E-state index in [9.17, 15) is 0 Å². The van der Waals surface area contributed by atoms with Gasteiger partial charge in [-0.3, -0.25) is 14.6 Å². The summed E-state index contributed by atoms with van der Waals surface area (Å²) >= 11 is 3.39. The van der Waals surface area contributed by atoms with Crippen molar-refractivity contribution in [3.05, 3.63) is 142 Å². The molecule has 0 aliphatic carbocycles. The van der Waals surface area contributed by atoms with Crippen molar-refractivity contribution in [1.29, 1.82) is 0 Å². The molecule has 0 radical (unpaired) electrons. The van der Waals surface area contributed by atoms with Gasteiger partial charge in [-0.15, -0.1) is 22.7 Å². The molecule has 2 fully saturated rings. The minimum atomic E-state index is -0.511. The summed E-state index contributed by atoms with van der Waals surface area (Å²) < 4.78 is 13.0. The third-order valence-corrected chi connectivity index (χ3v) is 12.5. The first-order valence-electron chi connectivity index (χ1n) is 19.1. The molecule has 0 N–H and O–H groups in total. The van der Waals surface area contributed by atoms with Crippen LogP contribution >= 0.6 is 22.7 Å². The molecule has 8 rings (SSSR count). The smallest absolute Gasteiger partial charge is 0.174 e. The van der Waals surface area contributed by atoms with Crippen molar-refractivity contribution in [3.63, 3.8) is 0 Å². The van der Waals surface area contributed by atoms with Crippen LogP contribution in [-0.4, -0.2) is 63.9 Å². The van der Waals surface area contributed by atoms with E-state index in [-0.39, 0.29) is 31.1 Å². The zero-order valence-electron chi connectivity index (χ0n) is 30.4. The molecular weight excluding hydrogens is 709 g/mol. The summed E-state index contributed by atoms with van der Waals surface area (Å²) in [5.74, 6) is 1.64. The minimum absolute atomic E-state index is 0.00905. The second kappa shape index (κ2) is 17.6. The Kier molecular flexibility index (Phi) is 11.9. The van der Waals surface area contributed by atoms with Gasteiger partial charge < -0.3 is 9.47 Å². The van der Waals surface area contributed by atoms with E-state index in [1.54, 1.807) is 22.7 Å². The van der Waals surface area contributed by atoms with Crippen molar-refractivity contribution >= 4 is 28.5 Å². The first-order valence-corrected chi connectivity index (χ1v) is 20.9. The van der Waals surface area contributed by atoms with Crippen LogP contribution in [0.2, 0.25) is 0 Å². The number of nitrogens with zero attached hydrogens (tertiary/aromatic N) is 4. The van der Waals surface area contributed by atoms with Crippen LogP contribution in [0.4, 0.5) is 0 Å². The number of hydrogen-bond donors (Lipinski definition) is 0. The fourth-order valence-electron chi connectivity index (χ4n) is 7.84. The summed E-state index contributed by atoms with van der Waals surface area (Å²) in [4.78, 5) is 30.8. The molecule has 276 valence electrons. The van der Waals surface area contributed by atoms with Crippen molar-refractivity contribution in [3.8, 4) is 34.0 Å². The number of benzene rings is 4. The predicted molar refractivity (Wildman–Crippen MR) is 218 cm³/mol. The molecule has 2 unspecified atom stereocenters. The highest BCUT2D eigenvalue weighted by atomic mass is 32.1. The number of ether oxygens (including phenoxy) is 2. The molecule has 54 heavy (non-hydrogen) atoms. The molecule has 4 heterocycles. The lowest BCUT2D eigenvalue weighted by molar-refractivity contribution is -0.136. The van der Waals surface area contributed by atoms with Crippen LogP contribution in [0.25, 0.3) is 22.5 Å². The maximum atomic E-state index is 15.6. The Morgan fingerprint density at radius 3 is 1.37 bits per heavy atom. The average Bonchev–Trinajstić information content (AvgIpc) is 3.95. The molecule has 4 atom stereocenters. The largest absolute Gasteiger partial charge is 0.491 e. The van der Waals surface area contributed by atoms with Gasteiger partial charge >= 0.3 is 0 Å². The van der Waals surface area contributed by atoms with Crippen LogP contribution in [0, 0.1) is 0 Å². The van der Waals surface area contributed by atoms with Gasteiger partial charge in [-0.25, -0.2) is 9.97 Å². The zero-order chi connectivity index (χ0) is 36.5. The molecule has 0 bridgehead atoms. The van der Waals surface area contributed by atoms with Gasteiger partial charge in [-0.1, -0.05) is 110 Å². The fraction of sp³-hybridized carbons (Fsp3) is 0.311. The molecule has 6 aromatic rings. The lowest BCUT2D eigenvalue weighted by Gasteiger charge is -2.44. The first kappa shape index (κ1) is 36.3. The Hall–Kier alpha value is -4.67. The third kappa shape index (κ3) is 8.50. The van der Waals surface area contributed by atoms with Gasteiger partial charge in [0.05, 0.1) is 23.5 Å². The Bertz CT molecular complexity index is 1910. The second-order valence-electron chi connectivity index (χ2n) is 14.1. The standard InChI is InChI=1S/C45H46N4O3S2/c50-43(41(29-51-35-21-9-3-10-22-35)48-27-15-13-25-39(48)44-46-37(31-53-44)33-17-5-1-6-18-33)42(30-52-36-23-11-4-12-24-36)49-28-16-14-26-40(49)45-47-38(32-54-45)34-19-7-2-8-20-34/h1-12,17-24,31-32,39-42H,13-16,25-30H2/t39-,40-,41?,42?/m1/s1. The van der Waals surface area contributed by atoms with Crippen LogP contribution < -0.4 is 9.47 Å². The summed E-state index contributed by atoms with van der Waals surface area (Å²) in [5, 5.41) is 6.41. The molecule has 2 aliphatic rings. The highest BCUT2D eigenvalue weighted by Crippen LogP contribution is 2.39. The maximum absolute atomic E-state index is 15.6. The highest BCUT2D eigenvalue weighted by Gasteiger charge is 2.43. The maximum Gasteiger partial charge on any atom is 0.174 e. The topological polar surface area (TPSA) is 67.8 Å². The number of Topliss-reactive ketones (excluding diaryl/α,β-unsaturated/α-hetero) is 1. The zero-order valence-corrected chi connectivity index (χ0v) is 32.0. The van der Waals surface area contributed by atoms with Crippen LogP contribution in [0.15, 0.2) is 132 Å². The predicted octanol–water partition coefficient (Wildman–Crippen LogP) is 10.2.